The second-order valence-electron chi connectivity index (χ2n) is 7.94. The number of likely N-dealkylation sites (tertiary alicyclic amines) is 1. The Morgan fingerprint density at radius 1 is 1.04 bits per heavy atom. The molecular weight excluding hydrogens is 358 g/mol. The van der Waals surface area contributed by atoms with E-state index in [2.05, 4.69) is 33.1 Å². The third-order valence-electron chi connectivity index (χ3n) is 6.07. The van der Waals surface area contributed by atoms with Crippen molar-refractivity contribution in [2.75, 3.05) is 64.6 Å². The molecule has 1 aromatic carbocycles. The van der Waals surface area contributed by atoms with Crippen molar-refractivity contribution in [2.45, 2.75) is 31.8 Å². The second-order valence-corrected chi connectivity index (χ2v) is 8.93. The summed E-state index contributed by atoms with van der Waals surface area (Å²) in [5.74, 6) is 3.07. The van der Waals surface area contributed by atoms with Gasteiger partial charge in [-0.2, -0.15) is 11.8 Å². The van der Waals surface area contributed by atoms with Crippen LogP contribution in [-0.4, -0.2) is 85.4 Å². The van der Waals surface area contributed by atoms with Gasteiger partial charge in [-0.3, -0.25) is 9.80 Å². The predicted octanol–water partition coefficient (Wildman–Crippen LogP) is 2.75. The van der Waals surface area contributed by atoms with Gasteiger partial charge in [0.2, 0.25) is 6.79 Å². The Kier molecular flexibility index (Phi) is 6.82. The minimum Gasteiger partial charge on any atom is -0.454 e. The van der Waals surface area contributed by atoms with Crippen LogP contribution in [-0.2, 0) is 6.54 Å². The zero-order chi connectivity index (χ0) is 18.5. The maximum atomic E-state index is 5.51. The van der Waals surface area contributed by atoms with Crippen molar-refractivity contribution in [3.63, 3.8) is 0 Å². The van der Waals surface area contributed by atoms with Crippen LogP contribution in [0, 0.1) is 0 Å². The highest BCUT2D eigenvalue weighted by atomic mass is 32.2. The molecular formula is C21H33N3O2S. The molecule has 4 rings (SSSR count). The third-order valence-corrected chi connectivity index (χ3v) is 6.77. The summed E-state index contributed by atoms with van der Waals surface area (Å²) in [7, 11) is 0. The number of benzene rings is 1. The number of ether oxygens (including phenoxy) is 2. The Morgan fingerprint density at radius 2 is 1.89 bits per heavy atom. The molecule has 0 amide bonds. The van der Waals surface area contributed by atoms with E-state index in [9.17, 15) is 0 Å². The van der Waals surface area contributed by atoms with Gasteiger partial charge in [0, 0.05) is 45.3 Å². The van der Waals surface area contributed by atoms with Gasteiger partial charge in [-0.1, -0.05) is 6.07 Å². The first-order valence-corrected chi connectivity index (χ1v) is 11.8. The van der Waals surface area contributed by atoms with Crippen molar-refractivity contribution in [1.82, 2.24) is 14.7 Å². The first-order chi connectivity index (χ1) is 13.3. The Labute approximate surface area is 168 Å². The molecule has 3 aliphatic heterocycles. The molecule has 3 aliphatic rings. The van der Waals surface area contributed by atoms with E-state index in [-0.39, 0.29) is 0 Å². The predicted molar refractivity (Wildman–Crippen MR) is 112 cm³/mol. The van der Waals surface area contributed by atoms with Crippen LogP contribution in [0.2, 0.25) is 0 Å². The molecule has 3 heterocycles. The lowest BCUT2D eigenvalue weighted by molar-refractivity contribution is 0.0500. The van der Waals surface area contributed by atoms with Crippen molar-refractivity contribution in [2.24, 2.45) is 0 Å². The lowest BCUT2D eigenvalue weighted by Gasteiger charge is -2.43. The highest BCUT2D eigenvalue weighted by molar-refractivity contribution is 7.98. The van der Waals surface area contributed by atoms with Crippen molar-refractivity contribution in [3.8, 4) is 11.5 Å². The van der Waals surface area contributed by atoms with Crippen LogP contribution in [0.5, 0.6) is 11.5 Å². The SMILES string of the molecule is CSCCCN1CCCC(N2CCN(Cc3ccc4c(c3)OCO4)CC2)C1. The fourth-order valence-electron chi connectivity index (χ4n) is 4.55. The molecule has 0 spiro atoms. The maximum Gasteiger partial charge on any atom is 0.231 e. The molecule has 1 unspecified atom stereocenters. The number of hydrogen-bond donors (Lipinski definition) is 0. The van der Waals surface area contributed by atoms with E-state index in [0.717, 1.165) is 37.2 Å². The highest BCUT2D eigenvalue weighted by Crippen LogP contribution is 2.33. The smallest absolute Gasteiger partial charge is 0.231 e. The van der Waals surface area contributed by atoms with Crippen LogP contribution in [0.1, 0.15) is 24.8 Å². The molecule has 1 aromatic rings. The van der Waals surface area contributed by atoms with Gasteiger partial charge in [-0.15, -0.1) is 0 Å². The van der Waals surface area contributed by atoms with Crippen LogP contribution < -0.4 is 9.47 Å². The molecule has 0 aliphatic carbocycles. The molecule has 5 nitrogen and oxygen atoms in total. The van der Waals surface area contributed by atoms with E-state index in [0.29, 0.717) is 6.79 Å². The van der Waals surface area contributed by atoms with Crippen molar-refractivity contribution >= 4 is 11.8 Å². The van der Waals surface area contributed by atoms with Crippen molar-refractivity contribution < 1.29 is 9.47 Å². The van der Waals surface area contributed by atoms with Gasteiger partial charge in [0.1, 0.15) is 0 Å². The summed E-state index contributed by atoms with van der Waals surface area (Å²) in [6.45, 7) is 9.95. The zero-order valence-electron chi connectivity index (χ0n) is 16.6. The quantitative estimate of drug-likeness (QED) is 0.664. The number of piperidine rings is 1. The zero-order valence-corrected chi connectivity index (χ0v) is 17.4. The highest BCUT2D eigenvalue weighted by Gasteiger charge is 2.28. The molecule has 2 fully saturated rings. The summed E-state index contributed by atoms with van der Waals surface area (Å²) in [4.78, 5) is 8.02. The van der Waals surface area contributed by atoms with Crippen LogP contribution in [0.25, 0.3) is 0 Å². The van der Waals surface area contributed by atoms with E-state index in [4.69, 9.17) is 9.47 Å². The molecule has 0 N–H and O–H groups in total. The summed E-state index contributed by atoms with van der Waals surface area (Å²) in [5.41, 5.74) is 1.32. The van der Waals surface area contributed by atoms with Gasteiger partial charge in [0.25, 0.3) is 0 Å². The standard InChI is InChI=1S/C21H33N3O2S/c1-27-13-3-8-22-7-2-4-19(16-22)24-11-9-23(10-12-24)15-18-5-6-20-21(14-18)26-17-25-20/h5-6,14,19H,2-4,7-13,15-17H2,1H3. The molecule has 0 aromatic heterocycles. The molecule has 1 atom stereocenters. The monoisotopic (exact) mass is 391 g/mol. The first-order valence-electron chi connectivity index (χ1n) is 10.4. The molecule has 0 bridgehead atoms. The topological polar surface area (TPSA) is 28.2 Å². The number of hydrogen-bond acceptors (Lipinski definition) is 6. The van der Waals surface area contributed by atoms with Gasteiger partial charge in [-0.05, 0) is 62.1 Å². The second kappa shape index (κ2) is 9.50. The van der Waals surface area contributed by atoms with E-state index >= 15 is 0 Å². The van der Waals surface area contributed by atoms with Gasteiger partial charge >= 0.3 is 0 Å². The number of fused-ring (bicyclic) bond motifs is 1. The number of rotatable bonds is 7. The normalized spacial score (nSPS) is 24.4. The lowest BCUT2D eigenvalue weighted by atomic mass is 10.0. The molecule has 0 radical (unpaired) electrons. The van der Waals surface area contributed by atoms with Crippen molar-refractivity contribution in [3.05, 3.63) is 23.8 Å². The fourth-order valence-corrected chi connectivity index (χ4v) is 4.97. The first kappa shape index (κ1) is 19.4. The Bertz CT molecular complexity index is 607. The molecule has 6 heteroatoms. The van der Waals surface area contributed by atoms with Crippen molar-refractivity contribution in [1.29, 1.82) is 0 Å². The van der Waals surface area contributed by atoms with Gasteiger partial charge in [0.15, 0.2) is 11.5 Å². The van der Waals surface area contributed by atoms with E-state index in [1.807, 2.05) is 17.8 Å². The maximum absolute atomic E-state index is 5.51. The Hall–Kier alpha value is -0.950. The summed E-state index contributed by atoms with van der Waals surface area (Å²) < 4.78 is 10.9. The van der Waals surface area contributed by atoms with Gasteiger partial charge in [0.05, 0.1) is 0 Å². The minimum atomic E-state index is 0.354. The summed E-state index contributed by atoms with van der Waals surface area (Å²) in [6, 6.07) is 7.12. The number of nitrogens with zero attached hydrogens (tertiary/aromatic N) is 3. The van der Waals surface area contributed by atoms with Gasteiger partial charge < -0.3 is 14.4 Å². The molecule has 27 heavy (non-hydrogen) atoms. The fraction of sp³-hybridized carbons (Fsp3) is 0.714. The van der Waals surface area contributed by atoms with E-state index < -0.39 is 0 Å². The summed E-state index contributed by atoms with van der Waals surface area (Å²) in [5, 5.41) is 0. The van der Waals surface area contributed by atoms with Gasteiger partial charge in [-0.25, -0.2) is 0 Å². The lowest BCUT2D eigenvalue weighted by Crippen LogP contribution is -2.54. The average molecular weight is 392 g/mol. The van der Waals surface area contributed by atoms with E-state index in [1.54, 1.807) is 0 Å². The molecule has 150 valence electrons. The van der Waals surface area contributed by atoms with E-state index in [1.165, 1.54) is 63.3 Å². The molecule has 2 saturated heterocycles. The molecule has 0 saturated carbocycles. The minimum absolute atomic E-state index is 0.354. The summed E-state index contributed by atoms with van der Waals surface area (Å²) >= 11 is 1.97. The third kappa shape index (κ3) is 5.11. The number of thioether (sulfide) groups is 1. The van der Waals surface area contributed by atoms with Crippen LogP contribution in [0.3, 0.4) is 0 Å². The average Bonchev–Trinajstić information content (AvgIpc) is 3.17. The number of piperazine rings is 1. The Balaban J connectivity index is 1.23. The van der Waals surface area contributed by atoms with Crippen LogP contribution >= 0.6 is 11.8 Å². The Morgan fingerprint density at radius 3 is 2.74 bits per heavy atom. The van der Waals surface area contributed by atoms with Crippen LogP contribution in [0.4, 0.5) is 0 Å². The largest absolute Gasteiger partial charge is 0.454 e. The van der Waals surface area contributed by atoms with Crippen LogP contribution in [0.15, 0.2) is 18.2 Å². The summed E-state index contributed by atoms with van der Waals surface area (Å²) in [6.07, 6.45) is 6.28.